The monoisotopic (exact) mass is 341 g/mol. The Morgan fingerprint density at radius 3 is 2.67 bits per heavy atom. The largest absolute Gasteiger partial charge is 0.466 e. The number of hydrogen-bond donors (Lipinski definition) is 2. The summed E-state index contributed by atoms with van der Waals surface area (Å²) in [4.78, 5) is 24.9. The van der Waals surface area contributed by atoms with Crippen LogP contribution in [0.4, 0.5) is 11.4 Å². The molecule has 0 unspecified atom stereocenters. The first-order chi connectivity index (χ1) is 11.4. The van der Waals surface area contributed by atoms with Crippen LogP contribution in [0.1, 0.15) is 12.5 Å². The third-order valence-corrected chi connectivity index (χ3v) is 3.88. The van der Waals surface area contributed by atoms with Crippen molar-refractivity contribution in [2.75, 3.05) is 10.6 Å². The summed E-state index contributed by atoms with van der Waals surface area (Å²) in [6.45, 7) is 1.39. The Balaban J connectivity index is 1.84. The van der Waals surface area contributed by atoms with E-state index in [2.05, 4.69) is 10.6 Å². The topological polar surface area (TPSA) is 91.2 Å². The molecule has 0 saturated carbocycles. The number of halogens is 1. The Morgan fingerprint density at radius 2 is 2.00 bits per heavy atom. The molecule has 0 aliphatic carbocycles. The standard InChI is InChI=1S/C17H12ClN3O3/c1-17(15(22)20-12-5-2-10(9-19)3-6-12)16(23)21-13-8-11(18)4-7-14(13)24-17/h2-8H,1H3,(H,20,22)(H,21,23)/t17-/m1/s1. The molecular formula is C17H12ClN3O3. The number of ether oxygens (including phenoxy) is 1. The van der Waals surface area contributed by atoms with Gasteiger partial charge in [0.1, 0.15) is 5.75 Å². The van der Waals surface area contributed by atoms with Gasteiger partial charge < -0.3 is 15.4 Å². The number of amides is 2. The third-order valence-electron chi connectivity index (χ3n) is 3.64. The highest BCUT2D eigenvalue weighted by Gasteiger charge is 2.47. The Kier molecular flexibility index (Phi) is 3.87. The summed E-state index contributed by atoms with van der Waals surface area (Å²) in [6, 6.07) is 13.0. The van der Waals surface area contributed by atoms with Gasteiger partial charge in [0, 0.05) is 10.7 Å². The van der Waals surface area contributed by atoms with Crippen molar-refractivity contribution < 1.29 is 14.3 Å². The molecule has 120 valence electrons. The van der Waals surface area contributed by atoms with Crippen LogP contribution >= 0.6 is 11.6 Å². The van der Waals surface area contributed by atoms with Gasteiger partial charge in [0.25, 0.3) is 17.4 Å². The number of fused-ring (bicyclic) bond motifs is 1. The minimum absolute atomic E-state index is 0.358. The second kappa shape index (κ2) is 5.87. The van der Waals surface area contributed by atoms with Gasteiger partial charge in [-0.15, -0.1) is 0 Å². The van der Waals surface area contributed by atoms with E-state index < -0.39 is 17.4 Å². The summed E-state index contributed by atoms with van der Waals surface area (Å²) in [5.41, 5.74) is -0.388. The quantitative estimate of drug-likeness (QED) is 0.821. The number of nitriles is 1. The molecule has 2 aromatic carbocycles. The lowest BCUT2D eigenvalue weighted by atomic mass is 10.0. The molecule has 3 rings (SSSR count). The fourth-order valence-corrected chi connectivity index (χ4v) is 2.40. The average Bonchev–Trinajstić information content (AvgIpc) is 2.57. The molecule has 2 aromatic rings. The molecule has 0 spiro atoms. The smallest absolute Gasteiger partial charge is 0.278 e. The van der Waals surface area contributed by atoms with Crippen LogP contribution < -0.4 is 15.4 Å². The van der Waals surface area contributed by atoms with Crippen LogP contribution in [0.5, 0.6) is 5.75 Å². The zero-order chi connectivity index (χ0) is 17.3. The van der Waals surface area contributed by atoms with Gasteiger partial charge >= 0.3 is 0 Å². The number of carbonyl (C=O) groups is 2. The molecule has 1 aliphatic rings. The summed E-state index contributed by atoms with van der Waals surface area (Å²) in [7, 11) is 0. The zero-order valence-electron chi connectivity index (χ0n) is 12.6. The highest BCUT2D eigenvalue weighted by Crippen LogP contribution is 2.36. The van der Waals surface area contributed by atoms with E-state index in [4.69, 9.17) is 21.6 Å². The SMILES string of the molecule is C[C@]1(C(=O)Nc2ccc(C#N)cc2)Oc2ccc(Cl)cc2NC1=O. The molecular weight excluding hydrogens is 330 g/mol. The lowest BCUT2D eigenvalue weighted by Crippen LogP contribution is -2.56. The molecule has 2 N–H and O–H groups in total. The highest BCUT2D eigenvalue weighted by molar-refractivity contribution is 6.31. The van der Waals surface area contributed by atoms with Gasteiger partial charge in [0.2, 0.25) is 0 Å². The van der Waals surface area contributed by atoms with Crippen LogP contribution in [0.3, 0.4) is 0 Å². The Morgan fingerprint density at radius 1 is 1.29 bits per heavy atom. The average molecular weight is 342 g/mol. The lowest BCUT2D eigenvalue weighted by molar-refractivity contribution is -0.143. The Hall–Kier alpha value is -3.04. The van der Waals surface area contributed by atoms with Gasteiger partial charge in [-0.3, -0.25) is 9.59 Å². The fraction of sp³-hybridized carbons (Fsp3) is 0.118. The highest BCUT2D eigenvalue weighted by atomic mass is 35.5. The first-order valence-corrected chi connectivity index (χ1v) is 7.42. The maximum absolute atomic E-state index is 12.5. The molecule has 0 aromatic heterocycles. The van der Waals surface area contributed by atoms with Crippen LogP contribution in [0.15, 0.2) is 42.5 Å². The minimum Gasteiger partial charge on any atom is -0.466 e. The van der Waals surface area contributed by atoms with Crippen molar-refractivity contribution in [1.29, 1.82) is 5.26 Å². The lowest BCUT2D eigenvalue weighted by Gasteiger charge is -2.33. The summed E-state index contributed by atoms with van der Waals surface area (Å²) in [5, 5.41) is 14.5. The van der Waals surface area contributed by atoms with E-state index in [9.17, 15) is 9.59 Å². The van der Waals surface area contributed by atoms with Crippen LogP contribution in [-0.2, 0) is 9.59 Å². The molecule has 0 saturated heterocycles. The molecule has 2 amide bonds. The van der Waals surface area contributed by atoms with Crippen LogP contribution in [0.25, 0.3) is 0 Å². The molecule has 1 heterocycles. The van der Waals surface area contributed by atoms with E-state index in [0.717, 1.165) is 0 Å². The van der Waals surface area contributed by atoms with E-state index >= 15 is 0 Å². The number of benzene rings is 2. The van der Waals surface area contributed by atoms with E-state index in [1.807, 2.05) is 6.07 Å². The first-order valence-electron chi connectivity index (χ1n) is 7.04. The predicted octanol–water partition coefficient (Wildman–Crippen LogP) is 2.94. The van der Waals surface area contributed by atoms with Gasteiger partial charge in [0.05, 0.1) is 17.3 Å². The van der Waals surface area contributed by atoms with Crippen molar-refractivity contribution in [3.63, 3.8) is 0 Å². The number of nitrogens with zero attached hydrogens (tertiary/aromatic N) is 1. The second-order valence-electron chi connectivity index (χ2n) is 5.37. The number of rotatable bonds is 2. The molecule has 6 nitrogen and oxygen atoms in total. The van der Waals surface area contributed by atoms with Gasteiger partial charge in [-0.2, -0.15) is 5.26 Å². The molecule has 0 fully saturated rings. The van der Waals surface area contributed by atoms with Crippen molar-refractivity contribution in [3.8, 4) is 11.8 Å². The second-order valence-corrected chi connectivity index (χ2v) is 5.81. The van der Waals surface area contributed by atoms with Crippen LogP contribution in [0.2, 0.25) is 5.02 Å². The summed E-state index contributed by atoms with van der Waals surface area (Å²) >= 11 is 5.88. The van der Waals surface area contributed by atoms with Crippen LogP contribution in [0, 0.1) is 11.3 Å². The molecule has 24 heavy (non-hydrogen) atoms. The minimum atomic E-state index is -1.73. The fourth-order valence-electron chi connectivity index (χ4n) is 2.22. The number of carbonyl (C=O) groups excluding carboxylic acids is 2. The Bertz CT molecular complexity index is 874. The van der Waals surface area contributed by atoms with Gasteiger partial charge in [0.15, 0.2) is 0 Å². The molecule has 0 radical (unpaired) electrons. The Labute approximate surface area is 143 Å². The van der Waals surface area contributed by atoms with Gasteiger partial charge in [-0.25, -0.2) is 0 Å². The predicted molar refractivity (Wildman–Crippen MR) is 88.9 cm³/mol. The number of hydrogen-bond acceptors (Lipinski definition) is 4. The van der Waals surface area contributed by atoms with Crippen molar-refractivity contribution in [2.24, 2.45) is 0 Å². The van der Waals surface area contributed by atoms with Crippen molar-refractivity contribution in [3.05, 3.63) is 53.1 Å². The van der Waals surface area contributed by atoms with Crippen molar-refractivity contribution in [1.82, 2.24) is 0 Å². The van der Waals surface area contributed by atoms with Crippen LogP contribution in [-0.4, -0.2) is 17.4 Å². The first kappa shape index (κ1) is 15.8. The van der Waals surface area contributed by atoms with Crippen molar-refractivity contribution in [2.45, 2.75) is 12.5 Å². The molecule has 7 heteroatoms. The van der Waals surface area contributed by atoms with Gasteiger partial charge in [-0.05, 0) is 49.4 Å². The third kappa shape index (κ3) is 2.77. The van der Waals surface area contributed by atoms with E-state index in [0.29, 0.717) is 27.7 Å². The molecule has 1 aliphatic heterocycles. The zero-order valence-corrected chi connectivity index (χ0v) is 13.3. The van der Waals surface area contributed by atoms with Gasteiger partial charge in [-0.1, -0.05) is 11.6 Å². The van der Waals surface area contributed by atoms with E-state index in [1.54, 1.807) is 42.5 Å². The molecule has 0 bridgehead atoms. The normalized spacial score (nSPS) is 18.6. The van der Waals surface area contributed by atoms with E-state index in [-0.39, 0.29) is 0 Å². The summed E-state index contributed by atoms with van der Waals surface area (Å²) < 4.78 is 5.63. The number of anilines is 2. The maximum atomic E-state index is 12.5. The summed E-state index contributed by atoms with van der Waals surface area (Å²) in [5.74, 6) is -0.856. The van der Waals surface area contributed by atoms with Crippen molar-refractivity contribution >= 4 is 34.8 Å². The molecule has 1 atom stereocenters. The summed E-state index contributed by atoms with van der Waals surface area (Å²) in [6.07, 6.45) is 0. The number of nitrogens with one attached hydrogen (secondary N) is 2. The maximum Gasteiger partial charge on any atom is 0.278 e. The van der Waals surface area contributed by atoms with E-state index in [1.165, 1.54) is 6.92 Å².